The average molecular weight is 356 g/mol. The van der Waals surface area contributed by atoms with Gasteiger partial charge in [-0.25, -0.2) is 4.99 Å². The second-order valence-electron chi connectivity index (χ2n) is 7.90. The molecule has 0 unspecified atom stereocenters. The van der Waals surface area contributed by atoms with E-state index in [1.807, 2.05) is 32.9 Å². The Hall–Kier alpha value is -1.14. The third-order valence-electron chi connectivity index (χ3n) is 4.74. The Bertz CT molecular complexity index is 508. The number of hydrogen-bond donors (Lipinski definition) is 0. The lowest BCUT2D eigenvalue weighted by atomic mass is 10.0. The van der Waals surface area contributed by atoms with Gasteiger partial charge in [0.05, 0.1) is 6.10 Å². The van der Waals surface area contributed by atoms with E-state index in [9.17, 15) is 4.79 Å². The van der Waals surface area contributed by atoms with Gasteiger partial charge in [-0.2, -0.15) is 0 Å². The number of hydrogen-bond acceptors (Lipinski definition) is 5. The van der Waals surface area contributed by atoms with Crippen molar-refractivity contribution in [1.29, 1.82) is 0 Å². The second-order valence-corrected chi connectivity index (χ2v) is 12.7. The highest BCUT2D eigenvalue weighted by atomic mass is 28.4. The van der Waals surface area contributed by atoms with Gasteiger partial charge in [-0.05, 0) is 38.1 Å². The van der Waals surface area contributed by atoms with E-state index >= 15 is 0 Å². The lowest BCUT2D eigenvalue weighted by Gasteiger charge is -2.41. The zero-order valence-electron chi connectivity index (χ0n) is 16.5. The molecule has 1 heterocycles. The van der Waals surface area contributed by atoms with Crippen molar-refractivity contribution in [2.75, 3.05) is 0 Å². The van der Waals surface area contributed by atoms with Crippen LogP contribution < -0.4 is 0 Å². The molecular weight excluding hydrogens is 322 g/mol. The van der Waals surface area contributed by atoms with Gasteiger partial charge in [0.15, 0.2) is 20.3 Å². The minimum Gasteiger partial charge on any atom is -0.471 e. The standard InChI is InChI=1S/C18H33NO4Si/c1-10-11-15-16(19-13(3)21-15)17(22-14(4)20)12(2)23-24(8,9)18(5,6)7/h10-12,15-17H,1-9H3/b11-10+/t12-,15-,16-,17-/m0/s1. The average Bonchev–Trinajstić information content (AvgIpc) is 2.75. The van der Waals surface area contributed by atoms with Crippen LogP contribution in [0.3, 0.4) is 0 Å². The van der Waals surface area contributed by atoms with Gasteiger partial charge in [0.2, 0.25) is 0 Å². The number of nitrogens with zero attached hydrogens (tertiary/aromatic N) is 1. The molecule has 0 N–H and O–H groups in total. The molecule has 0 saturated heterocycles. The van der Waals surface area contributed by atoms with E-state index in [2.05, 4.69) is 38.9 Å². The maximum atomic E-state index is 11.7. The Morgan fingerprint density at radius 2 is 1.96 bits per heavy atom. The summed E-state index contributed by atoms with van der Waals surface area (Å²) >= 11 is 0. The minimum atomic E-state index is -1.99. The van der Waals surface area contributed by atoms with Crippen molar-refractivity contribution in [1.82, 2.24) is 0 Å². The lowest BCUT2D eigenvalue weighted by molar-refractivity contribution is -0.153. The van der Waals surface area contributed by atoms with Gasteiger partial charge in [-0.3, -0.25) is 4.79 Å². The quantitative estimate of drug-likeness (QED) is 0.409. The first-order valence-electron chi connectivity index (χ1n) is 8.58. The van der Waals surface area contributed by atoms with Crippen molar-refractivity contribution in [2.45, 2.75) is 91.0 Å². The molecule has 138 valence electrons. The molecule has 1 rings (SSSR count). The van der Waals surface area contributed by atoms with Gasteiger partial charge in [0.25, 0.3) is 0 Å². The Morgan fingerprint density at radius 1 is 1.38 bits per heavy atom. The van der Waals surface area contributed by atoms with Crippen LogP contribution in [0.2, 0.25) is 18.1 Å². The Kier molecular flexibility index (Phi) is 6.81. The van der Waals surface area contributed by atoms with Crippen molar-refractivity contribution < 1.29 is 18.7 Å². The molecule has 0 aromatic rings. The molecule has 24 heavy (non-hydrogen) atoms. The highest BCUT2D eigenvalue weighted by Crippen LogP contribution is 2.38. The summed E-state index contributed by atoms with van der Waals surface area (Å²) in [7, 11) is -1.99. The molecule has 0 aromatic carbocycles. The van der Waals surface area contributed by atoms with Gasteiger partial charge in [-0.1, -0.05) is 26.8 Å². The molecule has 0 saturated carbocycles. The maximum Gasteiger partial charge on any atom is 0.303 e. The number of aliphatic imine (C=N–C) groups is 1. The van der Waals surface area contributed by atoms with E-state index in [1.54, 1.807) is 0 Å². The van der Waals surface area contributed by atoms with E-state index in [0.29, 0.717) is 5.90 Å². The summed E-state index contributed by atoms with van der Waals surface area (Å²) in [5.41, 5.74) is 0. The Labute approximate surface area is 147 Å². The van der Waals surface area contributed by atoms with Crippen LogP contribution in [0.15, 0.2) is 17.1 Å². The number of carbonyl (C=O) groups is 1. The summed E-state index contributed by atoms with van der Waals surface area (Å²) in [4.78, 5) is 16.2. The number of rotatable bonds is 6. The van der Waals surface area contributed by atoms with Crippen LogP contribution in [-0.2, 0) is 18.7 Å². The monoisotopic (exact) mass is 355 g/mol. The maximum absolute atomic E-state index is 11.7. The number of ether oxygens (including phenoxy) is 2. The summed E-state index contributed by atoms with van der Waals surface area (Å²) in [5.74, 6) is 0.282. The Balaban J connectivity index is 3.06. The third kappa shape index (κ3) is 5.18. The summed E-state index contributed by atoms with van der Waals surface area (Å²) in [5, 5.41) is 0.0795. The predicted octanol–water partition coefficient (Wildman–Crippen LogP) is 4.09. The predicted molar refractivity (Wildman–Crippen MR) is 99.9 cm³/mol. The molecule has 5 nitrogen and oxygen atoms in total. The normalized spacial score (nSPS) is 24.5. The first kappa shape index (κ1) is 20.9. The summed E-state index contributed by atoms with van der Waals surface area (Å²) in [6.45, 7) is 18.1. The number of esters is 1. The lowest BCUT2D eigenvalue weighted by Crippen LogP contribution is -2.51. The van der Waals surface area contributed by atoms with Gasteiger partial charge in [0, 0.05) is 13.8 Å². The summed E-state index contributed by atoms with van der Waals surface area (Å²) in [6.07, 6.45) is 2.90. The van der Waals surface area contributed by atoms with Crippen molar-refractivity contribution >= 4 is 20.2 Å². The van der Waals surface area contributed by atoms with Crippen LogP contribution in [0.4, 0.5) is 0 Å². The first-order chi connectivity index (χ1) is 10.9. The zero-order chi connectivity index (χ0) is 18.7. The van der Waals surface area contributed by atoms with Crippen LogP contribution >= 0.6 is 0 Å². The zero-order valence-corrected chi connectivity index (χ0v) is 17.5. The highest BCUT2D eigenvalue weighted by molar-refractivity contribution is 6.74. The van der Waals surface area contributed by atoms with E-state index in [-0.39, 0.29) is 29.3 Å². The van der Waals surface area contributed by atoms with Crippen LogP contribution in [0.1, 0.15) is 48.5 Å². The van der Waals surface area contributed by atoms with Crippen molar-refractivity contribution in [3.8, 4) is 0 Å². The van der Waals surface area contributed by atoms with Crippen molar-refractivity contribution in [3.05, 3.63) is 12.2 Å². The molecule has 1 aliphatic heterocycles. The smallest absolute Gasteiger partial charge is 0.303 e. The molecule has 0 aliphatic carbocycles. The molecule has 6 heteroatoms. The molecule has 0 spiro atoms. The summed E-state index contributed by atoms with van der Waals surface area (Å²) in [6, 6.07) is -0.287. The van der Waals surface area contributed by atoms with Gasteiger partial charge in [-0.15, -0.1) is 0 Å². The van der Waals surface area contributed by atoms with Crippen LogP contribution in [0, 0.1) is 0 Å². The van der Waals surface area contributed by atoms with E-state index in [0.717, 1.165) is 0 Å². The first-order valence-corrected chi connectivity index (χ1v) is 11.5. The highest BCUT2D eigenvalue weighted by Gasteiger charge is 2.44. The van der Waals surface area contributed by atoms with Crippen LogP contribution in [-0.4, -0.2) is 44.5 Å². The second kappa shape index (κ2) is 7.83. The molecule has 0 amide bonds. The van der Waals surface area contributed by atoms with E-state index in [1.165, 1.54) is 6.92 Å². The van der Waals surface area contributed by atoms with Crippen LogP contribution in [0.5, 0.6) is 0 Å². The summed E-state index contributed by atoms with van der Waals surface area (Å²) < 4.78 is 17.8. The molecule has 0 fully saturated rings. The molecule has 4 atom stereocenters. The van der Waals surface area contributed by atoms with Gasteiger partial charge in [0.1, 0.15) is 12.1 Å². The fraction of sp³-hybridized carbons (Fsp3) is 0.778. The number of allylic oxidation sites excluding steroid dienone is 1. The SMILES string of the molecule is C/C=C/[C@@H]1OC(C)=N[C@@H]1[C@@H](OC(C)=O)[C@H](C)O[Si](C)(C)C(C)(C)C. The Morgan fingerprint density at radius 3 is 2.42 bits per heavy atom. The number of carbonyl (C=O) groups excluding carboxylic acids is 1. The van der Waals surface area contributed by atoms with Crippen LogP contribution in [0.25, 0.3) is 0 Å². The molecular formula is C18H33NO4Si. The molecule has 0 aromatic heterocycles. The van der Waals surface area contributed by atoms with E-state index in [4.69, 9.17) is 13.9 Å². The third-order valence-corrected chi connectivity index (χ3v) is 9.32. The van der Waals surface area contributed by atoms with Gasteiger partial charge >= 0.3 is 5.97 Å². The fourth-order valence-electron chi connectivity index (χ4n) is 2.53. The van der Waals surface area contributed by atoms with Crippen molar-refractivity contribution in [3.63, 3.8) is 0 Å². The van der Waals surface area contributed by atoms with Crippen molar-refractivity contribution in [2.24, 2.45) is 4.99 Å². The topological polar surface area (TPSA) is 57.1 Å². The fourth-order valence-corrected chi connectivity index (χ4v) is 3.94. The molecule has 0 bridgehead atoms. The minimum absolute atomic E-state index is 0.0795. The largest absolute Gasteiger partial charge is 0.471 e. The van der Waals surface area contributed by atoms with E-state index < -0.39 is 14.4 Å². The van der Waals surface area contributed by atoms with Gasteiger partial charge < -0.3 is 13.9 Å². The molecule has 0 radical (unpaired) electrons. The molecule has 1 aliphatic rings.